The molecule has 6 rings (SSSR count). The third-order valence-corrected chi connectivity index (χ3v) is 8.62. The Morgan fingerprint density at radius 2 is 1.29 bits per heavy atom. The second kappa shape index (κ2) is 9.25. The normalized spacial score (nSPS) is 25.8. The number of nitrogens with zero attached hydrogens (tertiary/aromatic N) is 1. The number of amides is 1. The van der Waals surface area contributed by atoms with Crippen LogP contribution in [0.2, 0.25) is 0 Å². The molecule has 4 heteroatoms. The summed E-state index contributed by atoms with van der Waals surface area (Å²) in [6, 6.07) is 31.4. The molecular weight excluding hydrogens is 432 g/mol. The van der Waals surface area contributed by atoms with Crippen molar-refractivity contribution in [2.45, 2.75) is 43.4 Å². The zero-order chi connectivity index (χ0) is 23.8. The zero-order valence-corrected chi connectivity index (χ0v) is 20.1. The summed E-state index contributed by atoms with van der Waals surface area (Å²) in [7, 11) is 0. The molecule has 2 saturated carbocycles. The van der Waals surface area contributed by atoms with E-state index < -0.39 is 5.60 Å². The van der Waals surface area contributed by atoms with Crippen LogP contribution in [0, 0.1) is 17.8 Å². The fourth-order valence-corrected chi connectivity index (χ4v) is 6.72. The molecule has 2 unspecified atom stereocenters. The lowest BCUT2D eigenvalue weighted by Crippen LogP contribution is -2.51. The largest absolute Gasteiger partial charge is 0.375 e. The van der Waals surface area contributed by atoms with Crippen LogP contribution in [0.3, 0.4) is 0 Å². The Kier molecular flexibility index (Phi) is 5.95. The maximum Gasteiger partial charge on any atom is 0.257 e. The van der Waals surface area contributed by atoms with E-state index in [1.165, 1.54) is 11.1 Å². The van der Waals surface area contributed by atoms with Gasteiger partial charge in [-0.25, -0.2) is 0 Å². The first kappa shape index (κ1) is 22.5. The zero-order valence-electron chi connectivity index (χ0n) is 20.1. The molecule has 0 bridgehead atoms. The fourth-order valence-electron chi connectivity index (χ4n) is 6.72. The summed E-state index contributed by atoms with van der Waals surface area (Å²) in [6.07, 6.45) is 3.97. The summed E-state index contributed by atoms with van der Waals surface area (Å²) in [5.41, 5.74) is 1.90. The Morgan fingerprint density at radius 1 is 0.800 bits per heavy atom. The minimum Gasteiger partial charge on any atom is -0.375 e. The van der Waals surface area contributed by atoms with E-state index in [1.54, 1.807) is 0 Å². The average Bonchev–Trinajstić information content (AvgIpc) is 3.31. The number of nitrogens with one attached hydrogen (secondary N) is 1. The molecule has 0 aromatic heterocycles. The van der Waals surface area contributed by atoms with E-state index in [1.807, 2.05) is 30.3 Å². The molecule has 3 fully saturated rings. The lowest BCUT2D eigenvalue weighted by molar-refractivity contribution is -0.147. The molecule has 1 heterocycles. The minimum absolute atomic E-state index is 0.0134. The lowest BCUT2D eigenvalue weighted by Gasteiger charge is -2.34. The molecule has 4 atom stereocenters. The molecule has 1 aliphatic heterocycles. The van der Waals surface area contributed by atoms with Gasteiger partial charge < -0.3 is 10.4 Å². The van der Waals surface area contributed by atoms with Gasteiger partial charge in [0.15, 0.2) is 5.60 Å². The first-order valence-electron chi connectivity index (χ1n) is 13.1. The molecule has 0 spiro atoms. The monoisotopic (exact) mass is 466 g/mol. The number of rotatable bonds is 7. The minimum atomic E-state index is -1.44. The molecule has 1 saturated heterocycles. The van der Waals surface area contributed by atoms with Crippen molar-refractivity contribution in [3.63, 3.8) is 0 Å². The lowest BCUT2D eigenvalue weighted by atomic mass is 9.79. The van der Waals surface area contributed by atoms with E-state index in [9.17, 15) is 9.90 Å². The molecule has 180 valence electrons. The van der Waals surface area contributed by atoms with Gasteiger partial charge in [-0.15, -0.1) is 0 Å². The molecule has 3 aromatic rings. The quantitative estimate of drug-likeness (QED) is 0.521. The summed E-state index contributed by atoms with van der Waals surface area (Å²) in [4.78, 5) is 16.2. The molecule has 4 nitrogen and oxygen atoms in total. The number of piperidine rings is 1. The topological polar surface area (TPSA) is 52.6 Å². The third-order valence-electron chi connectivity index (χ3n) is 8.62. The molecular formula is C31H34N2O2. The van der Waals surface area contributed by atoms with Crippen LogP contribution >= 0.6 is 0 Å². The highest BCUT2D eigenvalue weighted by atomic mass is 16.3. The van der Waals surface area contributed by atoms with Crippen molar-refractivity contribution in [3.8, 4) is 0 Å². The number of aliphatic hydroxyl groups is 1. The van der Waals surface area contributed by atoms with Crippen LogP contribution in [0.5, 0.6) is 0 Å². The summed E-state index contributed by atoms with van der Waals surface area (Å²) in [5.74, 6) is 0.666. The third kappa shape index (κ3) is 4.09. The Hall–Kier alpha value is -2.95. The average molecular weight is 467 g/mol. The fraction of sp³-hybridized carbons (Fsp3) is 0.387. The van der Waals surface area contributed by atoms with E-state index >= 15 is 0 Å². The van der Waals surface area contributed by atoms with Crippen LogP contribution in [-0.2, 0) is 10.4 Å². The van der Waals surface area contributed by atoms with Crippen molar-refractivity contribution in [3.05, 3.63) is 108 Å². The van der Waals surface area contributed by atoms with Gasteiger partial charge in [-0.1, -0.05) is 104 Å². The van der Waals surface area contributed by atoms with Gasteiger partial charge in [-0.2, -0.15) is 0 Å². The molecule has 2 aliphatic carbocycles. The number of benzene rings is 3. The predicted molar refractivity (Wildman–Crippen MR) is 138 cm³/mol. The van der Waals surface area contributed by atoms with Crippen molar-refractivity contribution in [1.82, 2.24) is 10.2 Å². The van der Waals surface area contributed by atoms with Crippen LogP contribution in [-0.4, -0.2) is 35.0 Å². The molecule has 3 aromatic carbocycles. The first-order chi connectivity index (χ1) is 17.2. The van der Waals surface area contributed by atoms with Gasteiger partial charge in [0.2, 0.25) is 0 Å². The van der Waals surface area contributed by atoms with Crippen LogP contribution in [0.4, 0.5) is 0 Å². The smallest absolute Gasteiger partial charge is 0.257 e. The highest BCUT2D eigenvalue weighted by Gasteiger charge is 2.59. The van der Waals surface area contributed by atoms with E-state index in [-0.39, 0.29) is 23.9 Å². The number of fused-ring (bicyclic) bond motifs is 1. The second-order valence-corrected chi connectivity index (χ2v) is 10.6. The van der Waals surface area contributed by atoms with Crippen molar-refractivity contribution < 1.29 is 9.90 Å². The van der Waals surface area contributed by atoms with Crippen molar-refractivity contribution in [2.75, 3.05) is 13.1 Å². The van der Waals surface area contributed by atoms with E-state index in [0.29, 0.717) is 11.8 Å². The second-order valence-electron chi connectivity index (χ2n) is 10.6. The summed E-state index contributed by atoms with van der Waals surface area (Å²) in [6.45, 7) is 1.91. The van der Waals surface area contributed by atoms with E-state index in [4.69, 9.17) is 0 Å². The number of carbonyl (C=O) groups is 1. The molecule has 2 N–H and O–H groups in total. The van der Waals surface area contributed by atoms with Crippen molar-refractivity contribution in [1.29, 1.82) is 0 Å². The van der Waals surface area contributed by atoms with Gasteiger partial charge in [0.05, 0.1) is 6.04 Å². The Bertz CT molecular complexity index is 1090. The van der Waals surface area contributed by atoms with Gasteiger partial charge in [-0.3, -0.25) is 9.69 Å². The number of carbonyl (C=O) groups excluding carboxylic acids is 1. The Balaban J connectivity index is 1.17. The first-order valence-corrected chi connectivity index (χ1v) is 13.1. The number of likely N-dealkylation sites (tertiary alicyclic amines) is 1. The molecule has 35 heavy (non-hydrogen) atoms. The van der Waals surface area contributed by atoms with Gasteiger partial charge in [0.25, 0.3) is 5.91 Å². The summed E-state index contributed by atoms with van der Waals surface area (Å²) < 4.78 is 0. The van der Waals surface area contributed by atoms with Crippen molar-refractivity contribution >= 4 is 5.91 Å². The molecule has 0 radical (unpaired) electrons. The van der Waals surface area contributed by atoms with E-state index in [2.05, 4.69) is 70.9 Å². The van der Waals surface area contributed by atoms with Gasteiger partial charge in [0, 0.05) is 25.0 Å². The summed E-state index contributed by atoms with van der Waals surface area (Å²) >= 11 is 0. The standard InChI is InChI=1S/C31H34N2O2/c34-30(31(35,25-18-10-11-19-25)24-16-8-3-9-17-24)32-28-26-20-33(21-27(26)28)29(22-12-4-1-5-13-22)23-14-6-2-7-15-23/h1-9,12-17,25-29,35H,10-11,18-21H2,(H,32,34)/t26-,27+,28?,31?. The maximum atomic E-state index is 13.6. The summed E-state index contributed by atoms with van der Waals surface area (Å²) in [5, 5.41) is 15.1. The van der Waals surface area contributed by atoms with Gasteiger partial charge >= 0.3 is 0 Å². The van der Waals surface area contributed by atoms with Gasteiger partial charge in [0.1, 0.15) is 0 Å². The highest BCUT2D eigenvalue weighted by molar-refractivity contribution is 5.87. The highest BCUT2D eigenvalue weighted by Crippen LogP contribution is 2.50. The van der Waals surface area contributed by atoms with Gasteiger partial charge in [-0.05, 0) is 41.4 Å². The van der Waals surface area contributed by atoms with Crippen molar-refractivity contribution in [2.24, 2.45) is 17.8 Å². The predicted octanol–water partition coefficient (Wildman–Crippen LogP) is 4.90. The van der Waals surface area contributed by atoms with Crippen LogP contribution < -0.4 is 5.32 Å². The molecule has 3 aliphatic rings. The van der Waals surface area contributed by atoms with Crippen LogP contribution in [0.1, 0.15) is 48.4 Å². The van der Waals surface area contributed by atoms with E-state index in [0.717, 1.165) is 44.3 Å². The van der Waals surface area contributed by atoms with Crippen LogP contribution in [0.25, 0.3) is 0 Å². The number of hydrogen-bond acceptors (Lipinski definition) is 3. The molecule has 1 amide bonds. The maximum absolute atomic E-state index is 13.6. The Morgan fingerprint density at radius 3 is 1.80 bits per heavy atom. The number of hydrogen-bond donors (Lipinski definition) is 2. The Labute approximate surface area is 208 Å². The SMILES string of the molecule is O=C(NC1[C@H]2CN(C(c3ccccc3)c3ccccc3)C[C@@H]12)C(O)(c1ccccc1)C1CCCC1. The van der Waals surface area contributed by atoms with Crippen LogP contribution in [0.15, 0.2) is 91.0 Å².